The van der Waals surface area contributed by atoms with Crippen molar-refractivity contribution in [3.63, 3.8) is 0 Å². The van der Waals surface area contributed by atoms with Gasteiger partial charge in [0.15, 0.2) is 0 Å². The predicted octanol–water partition coefficient (Wildman–Crippen LogP) is 3.90. The molecule has 0 spiro atoms. The summed E-state index contributed by atoms with van der Waals surface area (Å²) in [6, 6.07) is 12.8. The Hall–Kier alpha value is -3.51. The molecular weight excluding hydrogens is 503 g/mol. The van der Waals surface area contributed by atoms with Gasteiger partial charge in [0.25, 0.3) is 10.0 Å². The van der Waals surface area contributed by atoms with Gasteiger partial charge in [0.05, 0.1) is 10.4 Å². The number of piperazine rings is 1. The van der Waals surface area contributed by atoms with E-state index in [0.29, 0.717) is 42.9 Å². The molecule has 9 nitrogen and oxygen atoms in total. The fraction of sp³-hybridized carbons (Fsp3) is 0.292. The van der Waals surface area contributed by atoms with Gasteiger partial charge in [-0.1, -0.05) is 6.07 Å². The summed E-state index contributed by atoms with van der Waals surface area (Å²) in [5.41, 5.74) is 1.58. The summed E-state index contributed by atoms with van der Waals surface area (Å²) in [7, 11) is -3.76. The maximum absolute atomic E-state index is 14.1. The maximum atomic E-state index is 14.1. The molecule has 0 unspecified atom stereocenters. The Morgan fingerprint density at radius 3 is 2.50 bits per heavy atom. The molecule has 0 aliphatic carbocycles. The van der Waals surface area contributed by atoms with Crippen molar-refractivity contribution >= 4 is 49.2 Å². The van der Waals surface area contributed by atoms with Crippen LogP contribution in [0, 0.1) is 12.7 Å². The van der Waals surface area contributed by atoms with Crippen molar-refractivity contribution in [2.24, 2.45) is 0 Å². The second kappa shape index (κ2) is 9.51. The number of fused-ring (bicyclic) bond motifs is 1. The number of aromatic nitrogens is 3. The summed E-state index contributed by atoms with van der Waals surface area (Å²) < 4.78 is 47.5. The fourth-order valence-corrected chi connectivity index (χ4v) is 6.20. The van der Waals surface area contributed by atoms with Crippen LogP contribution >= 0.6 is 11.5 Å². The minimum absolute atomic E-state index is 0. The van der Waals surface area contributed by atoms with E-state index in [4.69, 9.17) is 0 Å². The molecule has 0 saturated carbocycles. The Labute approximate surface area is 213 Å². The van der Waals surface area contributed by atoms with Crippen molar-refractivity contribution in [1.29, 1.82) is 0 Å². The number of nitrogens with one attached hydrogen (secondary N) is 1. The zero-order valence-corrected chi connectivity index (χ0v) is 21.4. The average molecular weight is 531 g/mol. The van der Waals surface area contributed by atoms with Crippen molar-refractivity contribution in [2.75, 3.05) is 35.8 Å². The third-order valence-corrected chi connectivity index (χ3v) is 8.54. The molecule has 1 N–H and O–H groups in total. The number of amides is 1. The van der Waals surface area contributed by atoms with E-state index in [1.54, 1.807) is 49.5 Å². The fourth-order valence-electron chi connectivity index (χ4n) is 4.41. The molecule has 3 heterocycles. The van der Waals surface area contributed by atoms with Gasteiger partial charge in [-0.15, -0.1) is 0 Å². The van der Waals surface area contributed by atoms with Crippen LogP contribution in [0.25, 0.3) is 10.9 Å². The van der Waals surface area contributed by atoms with E-state index in [1.807, 2.05) is 22.5 Å². The van der Waals surface area contributed by atoms with Crippen molar-refractivity contribution < 1.29 is 19.0 Å². The van der Waals surface area contributed by atoms with Gasteiger partial charge >= 0.3 is 0 Å². The molecule has 1 fully saturated rings. The number of aryl methyl sites for hydroxylation is 1. The standard InChI is InChI=1S/C24H25FN6O3S2.H2/c1-16(31-11-10-20-21(25)4-3-5-22(20)31)23(32)30-14-12-29(13-15-30)18-6-8-19(9-7-18)36(33,34)28-24-26-17(2)27-35-24;/h3-11,16H,12-15H2,1-2H3,(H,26,27,28);1H/t16-;/m0./s1. The molecule has 12 heteroatoms. The molecule has 1 aliphatic rings. The molecule has 1 atom stereocenters. The van der Waals surface area contributed by atoms with Crippen molar-refractivity contribution in [1.82, 2.24) is 18.8 Å². The zero-order chi connectivity index (χ0) is 25.4. The van der Waals surface area contributed by atoms with E-state index in [1.165, 1.54) is 6.07 Å². The van der Waals surface area contributed by atoms with Crippen LogP contribution in [-0.2, 0) is 14.8 Å². The van der Waals surface area contributed by atoms with Gasteiger partial charge in [-0.3, -0.25) is 9.52 Å². The number of nitrogens with zero attached hydrogens (tertiary/aromatic N) is 5. The number of sulfonamides is 1. The molecule has 2 aromatic heterocycles. The number of hydrogen-bond acceptors (Lipinski definition) is 7. The zero-order valence-electron chi connectivity index (χ0n) is 19.8. The van der Waals surface area contributed by atoms with E-state index in [-0.39, 0.29) is 23.2 Å². The normalized spacial score (nSPS) is 15.3. The Morgan fingerprint density at radius 2 is 1.83 bits per heavy atom. The third kappa shape index (κ3) is 4.65. The summed E-state index contributed by atoms with van der Waals surface area (Å²) >= 11 is 0.991. The van der Waals surface area contributed by atoms with Crippen molar-refractivity contribution in [3.8, 4) is 0 Å². The lowest BCUT2D eigenvalue weighted by atomic mass is 10.2. The first-order valence-electron chi connectivity index (χ1n) is 11.4. The van der Waals surface area contributed by atoms with Gasteiger partial charge in [0, 0.05) is 56.4 Å². The van der Waals surface area contributed by atoms with Crippen molar-refractivity contribution in [3.05, 3.63) is 66.4 Å². The highest BCUT2D eigenvalue weighted by Gasteiger charge is 2.27. The highest BCUT2D eigenvalue weighted by atomic mass is 32.2. The number of hydrogen-bond donors (Lipinski definition) is 1. The van der Waals surface area contributed by atoms with Gasteiger partial charge in [0.1, 0.15) is 17.7 Å². The molecule has 190 valence electrons. The summed E-state index contributed by atoms with van der Waals surface area (Å²) in [5.74, 6) is 0.191. The van der Waals surface area contributed by atoms with Crippen LogP contribution in [0.1, 0.15) is 20.2 Å². The van der Waals surface area contributed by atoms with Crippen LogP contribution in [0.15, 0.2) is 59.6 Å². The van der Waals surface area contributed by atoms with Crippen LogP contribution in [0.2, 0.25) is 0 Å². The lowest BCUT2D eigenvalue weighted by molar-refractivity contribution is -0.134. The number of anilines is 2. The molecular formula is C24H27FN6O3S2. The van der Waals surface area contributed by atoms with E-state index in [2.05, 4.69) is 19.0 Å². The maximum Gasteiger partial charge on any atom is 0.263 e. The van der Waals surface area contributed by atoms with E-state index in [9.17, 15) is 17.6 Å². The molecule has 1 aliphatic heterocycles. The highest BCUT2D eigenvalue weighted by molar-refractivity contribution is 7.93. The summed E-state index contributed by atoms with van der Waals surface area (Å²) in [6.07, 6.45) is 1.75. The monoisotopic (exact) mass is 530 g/mol. The SMILES string of the molecule is Cc1nsc(NS(=O)(=O)c2ccc(N3CCN(C(=O)[C@H](C)n4ccc5c(F)cccc54)CC3)cc2)n1.[HH]. The van der Waals surface area contributed by atoms with E-state index in [0.717, 1.165) is 17.2 Å². The van der Waals surface area contributed by atoms with Crippen molar-refractivity contribution in [2.45, 2.75) is 24.8 Å². The second-order valence-electron chi connectivity index (χ2n) is 8.63. The lowest BCUT2D eigenvalue weighted by Gasteiger charge is -2.37. The first-order valence-corrected chi connectivity index (χ1v) is 13.7. The molecule has 0 bridgehead atoms. The first kappa shape index (κ1) is 24.2. The third-order valence-electron chi connectivity index (χ3n) is 6.34. The summed E-state index contributed by atoms with van der Waals surface area (Å²) in [4.78, 5) is 21.3. The lowest BCUT2D eigenvalue weighted by Crippen LogP contribution is -2.50. The second-order valence-corrected chi connectivity index (χ2v) is 11.1. The Balaban J connectivity index is 0.00000320. The largest absolute Gasteiger partial charge is 0.368 e. The van der Waals surface area contributed by atoms with Crippen LogP contribution in [0.5, 0.6) is 0 Å². The molecule has 1 amide bonds. The van der Waals surface area contributed by atoms with Crippen LogP contribution in [-0.4, -0.2) is 59.3 Å². The molecule has 2 aromatic carbocycles. The van der Waals surface area contributed by atoms with Gasteiger partial charge in [0.2, 0.25) is 11.0 Å². The van der Waals surface area contributed by atoms with Gasteiger partial charge in [-0.05, 0) is 56.3 Å². The summed E-state index contributed by atoms with van der Waals surface area (Å²) in [5, 5.41) is 0.728. The number of rotatable bonds is 6. The number of carbonyl (C=O) groups excluding carboxylic acids is 1. The highest BCUT2D eigenvalue weighted by Crippen LogP contribution is 2.25. The van der Waals surface area contributed by atoms with Gasteiger partial charge < -0.3 is 14.4 Å². The van der Waals surface area contributed by atoms with Crippen LogP contribution < -0.4 is 9.62 Å². The molecule has 5 rings (SSSR count). The van der Waals surface area contributed by atoms with E-state index < -0.39 is 16.1 Å². The first-order chi connectivity index (χ1) is 17.2. The minimum atomic E-state index is -3.76. The Kier molecular flexibility index (Phi) is 6.39. The van der Waals surface area contributed by atoms with Gasteiger partial charge in [-0.2, -0.15) is 4.37 Å². The Bertz CT molecular complexity index is 1520. The smallest absolute Gasteiger partial charge is 0.263 e. The topological polar surface area (TPSA) is 100 Å². The predicted molar refractivity (Wildman–Crippen MR) is 139 cm³/mol. The minimum Gasteiger partial charge on any atom is -0.368 e. The molecule has 1 saturated heterocycles. The molecule has 0 radical (unpaired) electrons. The van der Waals surface area contributed by atoms with E-state index >= 15 is 0 Å². The summed E-state index contributed by atoms with van der Waals surface area (Å²) in [6.45, 7) is 5.83. The Morgan fingerprint density at radius 1 is 1.11 bits per heavy atom. The number of benzene rings is 2. The molecule has 4 aromatic rings. The quantitative estimate of drug-likeness (QED) is 0.406. The average Bonchev–Trinajstić information content (AvgIpc) is 3.49. The van der Waals surface area contributed by atoms with Gasteiger partial charge in [-0.25, -0.2) is 17.8 Å². The number of carbonyl (C=O) groups is 1. The molecule has 36 heavy (non-hydrogen) atoms. The van der Waals surface area contributed by atoms with Crippen LogP contribution in [0.4, 0.5) is 15.2 Å². The van der Waals surface area contributed by atoms with Crippen LogP contribution in [0.3, 0.4) is 0 Å². The number of halogens is 1.